The predicted octanol–water partition coefficient (Wildman–Crippen LogP) is 1.40. The second-order valence-corrected chi connectivity index (χ2v) is 3.98. The number of hydrogen-bond donors (Lipinski definition) is 1. The van der Waals surface area contributed by atoms with Gasteiger partial charge in [0.15, 0.2) is 0 Å². The molecule has 0 fully saturated rings. The van der Waals surface area contributed by atoms with Gasteiger partial charge in [0.1, 0.15) is 10.8 Å². The number of halogens is 1. The summed E-state index contributed by atoms with van der Waals surface area (Å²) in [6.07, 6.45) is 6.62. The summed E-state index contributed by atoms with van der Waals surface area (Å²) in [6, 6.07) is 1.93. The normalized spacial score (nSPS) is 10.2. The van der Waals surface area contributed by atoms with Crippen LogP contribution in [-0.2, 0) is 13.6 Å². The summed E-state index contributed by atoms with van der Waals surface area (Å²) in [5.41, 5.74) is 1.24. The molecular formula is C11H11ClN4O. The molecule has 0 radical (unpaired) electrons. The summed E-state index contributed by atoms with van der Waals surface area (Å²) >= 11 is 5.65. The molecule has 0 atom stereocenters. The van der Waals surface area contributed by atoms with Gasteiger partial charge in [0, 0.05) is 26.0 Å². The van der Waals surface area contributed by atoms with Crippen molar-refractivity contribution in [2.24, 2.45) is 7.05 Å². The van der Waals surface area contributed by atoms with Crippen LogP contribution in [0.1, 0.15) is 16.1 Å². The second kappa shape index (κ2) is 4.97. The van der Waals surface area contributed by atoms with E-state index in [4.69, 9.17) is 11.6 Å². The molecule has 2 rings (SSSR count). The maximum Gasteiger partial charge on any atom is 0.271 e. The van der Waals surface area contributed by atoms with Crippen molar-refractivity contribution < 1.29 is 4.79 Å². The van der Waals surface area contributed by atoms with Crippen LogP contribution in [0, 0.1) is 0 Å². The van der Waals surface area contributed by atoms with Crippen LogP contribution in [0.5, 0.6) is 0 Å². The lowest BCUT2D eigenvalue weighted by molar-refractivity contribution is 0.0945. The van der Waals surface area contributed by atoms with Crippen LogP contribution in [0.25, 0.3) is 0 Å². The second-order valence-electron chi connectivity index (χ2n) is 3.59. The van der Waals surface area contributed by atoms with Crippen molar-refractivity contribution in [2.45, 2.75) is 6.54 Å². The molecule has 0 bridgehead atoms. The molecule has 88 valence electrons. The first-order valence-electron chi connectivity index (χ1n) is 5.02. The van der Waals surface area contributed by atoms with E-state index in [0.717, 1.165) is 5.56 Å². The maximum atomic E-state index is 11.7. The largest absolute Gasteiger partial charge is 0.357 e. The summed E-state index contributed by atoms with van der Waals surface area (Å²) in [5.74, 6) is -0.288. The molecule has 17 heavy (non-hydrogen) atoms. The first kappa shape index (κ1) is 11.6. The van der Waals surface area contributed by atoms with Gasteiger partial charge in [-0.05, 0) is 11.6 Å². The zero-order valence-electron chi connectivity index (χ0n) is 9.22. The van der Waals surface area contributed by atoms with Crippen molar-refractivity contribution in [3.05, 3.63) is 47.3 Å². The van der Waals surface area contributed by atoms with E-state index in [2.05, 4.69) is 15.3 Å². The van der Waals surface area contributed by atoms with E-state index in [-0.39, 0.29) is 16.8 Å². The molecule has 0 spiro atoms. The molecule has 0 aliphatic heterocycles. The predicted molar refractivity (Wildman–Crippen MR) is 63.6 cm³/mol. The monoisotopic (exact) mass is 250 g/mol. The number of aryl methyl sites for hydroxylation is 1. The van der Waals surface area contributed by atoms with Gasteiger partial charge in [-0.15, -0.1) is 0 Å². The Bertz CT molecular complexity index is 538. The first-order chi connectivity index (χ1) is 8.15. The van der Waals surface area contributed by atoms with Crippen LogP contribution in [-0.4, -0.2) is 20.4 Å². The van der Waals surface area contributed by atoms with Gasteiger partial charge in [-0.1, -0.05) is 11.6 Å². The number of rotatable bonds is 3. The Morgan fingerprint density at radius 3 is 3.00 bits per heavy atom. The van der Waals surface area contributed by atoms with Gasteiger partial charge in [-0.25, -0.2) is 4.98 Å². The topological polar surface area (TPSA) is 59.8 Å². The van der Waals surface area contributed by atoms with Crippen molar-refractivity contribution in [3.8, 4) is 0 Å². The molecule has 0 aliphatic carbocycles. The zero-order valence-corrected chi connectivity index (χ0v) is 9.98. The average molecular weight is 251 g/mol. The standard InChI is InChI=1S/C11H11ClN4O/c1-16-3-2-8(7-16)4-14-11(17)9-5-13-6-10(12)15-9/h2-3,5-7H,4H2,1H3,(H,14,17). The van der Waals surface area contributed by atoms with Crippen molar-refractivity contribution in [3.63, 3.8) is 0 Å². The average Bonchev–Trinajstić information content (AvgIpc) is 2.72. The Balaban J connectivity index is 1.98. The number of nitrogens with one attached hydrogen (secondary N) is 1. The minimum Gasteiger partial charge on any atom is -0.357 e. The van der Waals surface area contributed by atoms with Crippen molar-refractivity contribution in [1.29, 1.82) is 0 Å². The Morgan fingerprint density at radius 1 is 1.53 bits per heavy atom. The molecule has 1 amide bonds. The SMILES string of the molecule is Cn1ccc(CNC(=O)c2cncc(Cl)n2)c1. The van der Waals surface area contributed by atoms with E-state index in [9.17, 15) is 4.79 Å². The van der Waals surface area contributed by atoms with Crippen molar-refractivity contribution in [2.75, 3.05) is 0 Å². The fourth-order valence-corrected chi connectivity index (χ4v) is 1.54. The molecule has 0 aromatic carbocycles. The van der Waals surface area contributed by atoms with E-state index in [0.29, 0.717) is 6.54 Å². The van der Waals surface area contributed by atoms with E-state index in [1.807, 2.05) is 30.1 Å². The van der Waals surface area contributed by atoms with Crippen LogP contribution in [0.15, 0.2) is 30.9 Å². The minimum atomic E-state index is -0.288. The van der Waals surface area contributed by atoms with Gasteiger partial charge < -0.3 is 9.88 Å². The van der Waals surface area contributed by atoms with E-state index >= 15 is 0 Å². The molecule has 0 saturated heterocycles. The Hall–Kier alpha value is -1.88. The summed E-state index contributed by atoms with van der Waals surface area (Å²) in [5, 5.41) is 2.95. The summed E-state index contributed by atoms with van der Waals surface area (Å²) in [7, 11) is 1.92. The molecule has 5 nitrogen and oxygen atoms in total. The van der Waals surface area contributed by atoms with Crippen LogP contribution >= 0.6 is 11.6 Å². The molecule has 6 heteroatoms. The van der Waals surface area contributed by atoms with Gasteiger partial charge in [-0.2, -0.15) is 0 Å². The molecule has 1 N–H and O–H groups in total. The lowest BCUT2D eigenvalue weighted by atomic mass is 10.3. The molecular weight excluding hydrogens is 240 g/mol. The Kier molecular flexibility index (Phi) is 3.39. The van der Waals surface area contributed by atoms with Gasteiger partial charge in [0.05, 0.1) is 12.4 Å². The van der Waals surface area contributed by atoms with Crippen LogP contribution in [0.2, 0.25) is 5.15 Å². The lowest BCUT2D eigenvalue weighted by Crippen LogP contribution is -2.23. The van der Waals surface area contributed by atoms with Crippen molar-refractivity contribution >= 4 is 17.5 Å². The van der Waals surface area contributed by atoms with Gasteiger partial charge in [0.25, 0.3) is 5.91 Å². The molecule has 0 unspecified atom stereocenters. The number of aromatic nitrogens is 3. The highest BCUT2D eigenvalue weighted by Gasteiger charge is 2.08. The zero-order chi connectivity index (χ0) is 12.3. The van der Waals surface area contributed by atoms with E-state index in [1.54, 1.807) is 0 Å². The van der Waals surface area contributed by atoms with E-state index in [1.165, 1.54) is 12.4 Å². The third-order valence-electron chi connectivity index (χ3n) is 2.18. The lowest BCUT2D eigenvalue weighted by Gasteiger charge is -2.02. The molecule has 2 heterocycles. The molecule has 2 aromatic heterocycles. The van der Waals surface area contributed by atoms with Crippen molar-refractivity contribution in [1.82, 2.24) is 19.9 Å². The number of carbonyl (C=O) groups is 1. The van der Waals surface area contributed by atoms with E-state index < -0.39 is 0 Å². The smallest absolute Gasteiger partial charge is 0.271 e. The number of nitrogens with zero attached hydrogens (tertiary/aromatic N) is 3. The summed E-state index contributed by atoms with van der Waals surface area (Å²) in [4.78, 5) is 19.4. The minimum absolute atomic E-state index is 0.206. The summed E-state index contributed by atoms with van der Waals surface area (Å²) < 4.78 is 1.92. The fourth-order valence-electron chi connectivity index (χ4n) is 1.39. The molecule has 2 aromatic rings. The highest BCUT2D eigenvalue weighted by molar-refractivity contribution is 6.29. The third kappa shape index (κ3) is 3.04. The third-order valence-corrected chi connectivity index (χ3v) is 2.37. The highest BCUT2D eigenvalue weighted by Crippen LogP contribution is 2.03. The van der Waals surface area contributed by atoms with Crippen LogP contribution < -0.4 is 5.32 Å². The maximum absolute atomic E-state index is 11.7. The van der Waals surface area contributed by atoms with Gasteiger partial charge in [0.2, 0.25) is 0 Å². The van der Waals surface area contributed by atoms with Gasteiger partial charge in [-0.3, -0.25) is 9.78 Å². The highest BCUT2D eigenvalue weighted by atomic mass is 35.5. The number of hydrogen-bond acceptors (Lipinski definition) is 3. The Morgan fingerprint density at radius 2 is 2.35 bits per heavy atom. The quantitative estimate of drug-likeness (QED) is 0.896. The van der Waals surface area contributed by atoms with Crippen LogP contribution in [0.3, 0.4) is 0 Å². The fraction of sp³-hybridized carbons (Fsp3) is 0.182. The van der Waals surface area contributed by atoms with Gasteiger partial charge >= 0.3 is 0 Å². The number of amides is 1. The first-order valence-corrected chi connectivity index (χ1v) is 5.39. The van der Waals surface area contributed by atoms with Crippen LogP contribution in [0.4, 0.5) is 0 Å². The molecule has 0 saturated carbocycles. The number of carbonyl (C=O) groups excluding carboxylic acids is 1. The molecule has 0 aliphatic rings. The Labute approximate surface area is 103 Å². The summed E-state index contributed by atoms with van der Waals surface area (Å²) in [6.45, 7) is 0.452.